The molecule has 0 unspecified atom stereocenters. The van der Waals surface area contributed by atoms with Gasteiger partial charge >= 0.3 is 0 Å². The van der Waals surface area contributed by atoms with Crippen LogP contribution in [0.4, 0.5) is 0 Å². The largest absolute Gasteiger partial charge is 0.495 e. The molecular weight excluding hydrogens is 276 g/mol. The second-order valence-electron chi connectivity index (χ2n) is 4.03. The molecule has 1 N–H and O–H groups in total. The number of methoxy groups -OCH3 is 1. The van der Waals surface area contributed by atoms with Crippen LogP contribution in [0.25, 0.3) is 0 Å². The van der Waals surface area contributed by atoms with Crippen LogP contribution in [0.2, 0.25) is 0 Å². The second-order valence-corrected chi connectivity index (χ2v) is 4.89. The van der Waals surface area contributed by atoms with Gasteiger partial charge in [-0.2, -0.15) is 0 Å². The van der Waals surface area contributed by atoms with Crippen LogP contribution in [0.5, 0.6) is 17.2 Å². The van der Waals surface area contributed by atoms with Crippen molar-refractivity contribution < 1.29 is 19.3 Å². The molecule has 86 valence electrons. The SMILES string of the molecule is COc1c(Br)cc2c(c1C1(O)CC1)OCO2. The summed E-state index contributed by atoms with van der Waals surface area (Å²) in [6.45, 7) is 0.192. The van der Waals surface area contributed by atoms with Crippen LogP contribution >= 0.6 is 15.9 Å². The maximum Gasteiger partial charge on any atom is 0.231 e. The zero-order chi connectivity index (χ0) is 11.3. The van der Waals surface area contributed by atoms with Crippen molar-refractivity contribution in [3.05, 3.63) is 16.1 Å². The minimum atomic E-state index is -0.813. The first kappa shape index (κ1) is 10.2. The van der Waals surface area contributed by atoms with Crippen molar-refractivity contribution in [3.8, 4) is 17.2 Å². The molecule has 0 spiro atoms. The van der Waals surface area contributed by atoms with Gasteiger partial charge in [-0.05, 0) is 28.8 Å². The Bertz CT molecular complexity index is 450. The smallest absolute Gasteiger partial charge is 0.231 e. The van der Waals surface area contributed by atoms with Crippen LogP contribution in [0.3, 0.4) is 0 Å². The third kappa shape index (κ3) is 1.31. The van der Waals surface area contributed by atoms with E-state index in [-0.39, 0.29) is 6.79 Å². The topological polar surface area (TPSA) is 47.9 Å². The Morgan fingerprint density at radius 1 is 1.44 bits per heavy atom. The van der Waals surface area contributed by atoms with Gasteiger partial charge in [0.05, 0.1) is 22.7 Å². The highest BCUT2D eigenvalue weighted by molar-refractivity contribution is 9.10. The third-order valence-electron chi connectivity index (χ3n) is 2.96. The zero-order valence-electron chi connectivity index (χ0n) is 8.75. The average Bonchev–Trinajstić information content (AvgIpc) is 2.83. The summed E-state index contributed by atoms with van der Waals surface area (Å²) in [5.74, 6) is 1.90. The van der Waals surface area contributed by atoms with Crippen LogP contribution < -0.4 is 14.2 Å². The summed E-state index contributed by atoms with van der Waals surface area (Å²) >= 11 is 3.41. The highest BCUT2D eigenvalue weighted by atomic mass is 79.9. The molecule has 2 aliphatic rings. The van der Waals surface area contributed by atoms with Gasteiger partial charge in [0.15, 0.2) is 11.5 Å². The summed E-state index contributed by atoms with van der Waals surface area (Å²) < 4.78 is 16.8. The first-order valence-corrected chi connectivity index (χ1v) is 5.84. The standard InChI is InChI=1S/C11H11BrO4/c1-14-9-6(12)4-7-10(16-5-15-7)8(9)11(13)2-3-11/h4,13H,2-3,5H2,1H3. The Kier molecular flexibility index (Phi) is 2.09. The molecule has 3 rings (SSSR count). The van der Waals surface area contributed by atoms with Crippen LogP contribution in [0, 0.1) is 0 Å². The Labute approximate surface area is 101 Å². The van der Waals surface area contributed by atoms with Crippen molar-refractivity contribution in [3.63, 3.8) is 0 Å². The average molecular weight is 287 g/mol. The number of hydrogen-bond donors (Lipinski definition) is 1. The fourth-order valence-corrected chi connectivity index (χ4v) is 2.55. The van der Waals surface area contributed by atoms with E-state index in [4.69, 9.17) is 14.2 Å². The Balaban J connectivity index is 2.26. The van der Waals surface area contributed by atoms with Crippen molar-refractivity contribution in [1.29, 1.82) is 0 Å². The van der Waals surface area contributed by atoms with E-state index in [1.807, 2.05) is 0 Å². The molecule has 1 heterocycles. The monoisotopic (exact) mass is 286 g/mol. The van der Waals surface area contributed by atoms with E-state index in [2.05, 4.69) is 15.9 Å². The first-order chi connectivity index (χ1) is 7.65. The van der Waals surface area contributed by atoms with Gasteiger partial charge in [0.25, 0.3) is 0 Å². The van der Waals surface area contributed by atoms with Gasteiger partial charge < -0.3 is 19.3 Å². The number of aliphatic hydroxyl groups is 1. The van der Waals surface area contributed by atoms with Gasteiger partial charge in [-0.3, -0.25) is 0 Å². The van der Waals surface area contributed by atoms with Crippen LogP contribution in [-0.4, -0.2) is 19.0 Å². The van der Waals surface area contributed by atoms with Gasteiger partial charge in [-0.25, -0.2) is 0 Å². The lowest BCUT2D eigenvalue weighted by Crippen LogP contribution is -2.09. The molecule has 0 radical (unpaired) electrons. The minimum absolute atomic E-state index is 0.192. The number of ether oxygens (including phenoxy) is 3. The molecule has 5 heteroatoms. The molecule has 4 nitrogen and oxygen atoms in total. The predicted octanol–water partition coefficient (Wildman–Crippen LogP) is 2.17. The molecule has 0 aromatic heterocycles. The lowest BCUT2D eigenvalue weighted by Gasteiger charge is -2.17. The van der Waals surface area contributed by atoms with Crippen molar-refractivity contribution in [1.82, 2.24) is 0 Å². The highest BCUT2D eigenvalue weighted by Crippen LogP contribution is 2.57. The number of benzene rings is 1. The molecule has 1 fully saturated rings. The van der Waals surface area contributed by atoms with E-state index in [1.54, 1.807) is 13.2 Å². The molecule has 0 amide bonds. The van der Waals surface area contributed by atoms with E-state index in [1.165, 1.54) is 0 Å². The van der Waals surface area contributed by atoms with E-state index in [0.29, 0.717) is 22.8 Å². The maximum atomic E-state index is 10.3. The molecular formula is C11H11BrO4. The molecule has 1 aliphatic heterocycles. The third-order valence-corrected chi connectivity index (χ3v) is 3.55. The summed E-state index contributed by atoms with van der Waals surface area (Å²) in [5, 5.41) is 10.3. The van der Waals surface area contributed by atoms with Gasteiger partial charge in [-0.15, -0.1) is 0 Å². The maximum absolute atomic E-state index is 10.3. The fraction of sp³-hybridized carbons (Fsp3) is 0.455. The molecule has 0 atom stereocenters. The van der Waals surface area contributed by atoms with Crippen molar-refractivity contribution in [2.24, 2.45) is 0 Å². The van der Waals surface area contributed by atoms with Crippen LogP contribution in [0.15, 0.2) is 10.5 Å². The molecule has 1 aromatic carbocycles. The molecule has 1 saturated carbocycles. The predicted molar refractivity (Wildman–Crippen MR) is 59.9 cm³/mol. The summed E-state index contributed by atoms with van der Waals surface area (Å²) in [6, 6.07) is 1.80. The molecule has 0 saturated heterocycles. The molecule has 16 heavy (non-hydrogen) atoms. The second kappa shape index (κ2) is 3.28. The summed E-state index contributed by atoms with van der Waals surface area (Å²) in [7, 11) is 1.58. The van der Waals surface area contributed by atoms with Crippen LogP contribution in [0.1, 0.15) is 18.4 Å². The Morgan fingerprint density at radius 3 is 2.81 bits per heavy atom. The number of hydrogen-bond acceptors (Lipinski definition) is 4. The van der Waals surface area contributed by atoms with Gasteiger partial charge in [0.2, 0.25) is 6.79 Å². The lowest BCUT2D eigenvalue weighted by atomic mass is 10.0. The number of fused-ring (bicyclic) bond motifs is 1. The quantitative estimate of drug-likeness (QED) is 0.905. The minimum Gasteiger partial charge on any atom is -0.495 e. The van der Waals surface area contributed by atoms with Gasteiger partial charge in [0.1, 0.15) is 5.75 Å². The van der Waals surface area contributed by atoms with Crippen molar-refractivity contribution in [2.45, 2.75) is 18.4 Å². The van der Waals surface area contributed by atoms with Crippen molar-refractivity contribution >= 4 is 15.9 Å². The van der Waals surface area contributed by atoms with Gasteiger partial charge in [0, 0.05) is 6.07 Å². The number of halogens is 1. The fourth-order valence-electron chi connectivity index (χ4n) is 1.98. The van der Waals surface area contributed by atoms with E-state index in [0.717, 1.165) is 17.3 Å². The van der Waals surface area contributed by atoms with E-state index in [9.17, 15) is 5.11 Å². The summed E-state index contributed by atoms with van der Waals surface area (Å²) in [5.41, 5.74) is -0.107. The van der Waals surface area contributed by atoms with E-state index >= 15 is 0 Å². The first-order valence-electron chi connectivity index (χ1n) is 5.05. The van der Waals surface area contributed by atoms with E-state index < -0.39 is 5.60 Å². The lowest BCUT2D eigenvalue weighted by molar-refractivity contribution is 0.136. The molecule has 0 bridgehead atoms. The molecule has 1 aromatic rings. The molecule has 1 aliphatic carbocycles. The normalized spacial score (nSPS) is 19.7. The highest BCUT2D eigenvalue weighted by Gasteiger charge is 2.48. The Hall–Kier alpha value is -0.940. The number of rotatable bonds is 2. The van der Waals surface area contributed by atoms with Crippen LogP contribution in [-0.2, 0) is 5.60 Å². The Morgan fingerprint density at radius 2 is 2.19 bits per heavy atom. The van der Waals surface area contributed by atoms with Gasteiger partial charge in [-0.1, -0.05) is 0 Å². The van der Waals surface area contributed by atoms with Crippen molar-refractivity contribution in [2.75, 3.05) is 13.9 Å². The summed E-state index contributed by atoms with van der Waals surface area (Å²) in [6.07, 6.45) is 1.46. The summed E-state index contributed by atoms with van der Waals surface area (Å²) in [4.78, 5) is 0. The zero-order valence-corrected chi connectivity index (χ0v) is 10.3.